The molecule has 0 bridgehead atoms. The lowest BCUT2D eigenvalue weighted by atomic mass is 9.90. The Morgan fingerprint density at radius 2 is 2.02 bits per heavy atom. The van der Waals surface area contributed by atoms with Gasteiger partial charge < -0.3 is 25.2 Å². The summed E-state index contributed by atoms with van der Waals surface area (Å²) in [5.74, 6) is 0.612. The minimum atomic E-state index is -1.16. The fourth-order valence-electron chi connectivity index (χ4n) is 7.93. The highest BCUT2D eigenvalue weighted by molar-refractivity contribution is 6.03. The van der Waals surface area contributed by atoms with Crippen molar-refractivity contribution in [3.8, 4) is 35.4 Å². The molecule has 4 aliphatic rings. The SMILES string of the molecule is C#Cc1c(F)ccc2cc(O)cc(-c3ncc4c(N5CCOC[C@H]6[C@H](F)[C@H]65)nc(OC[C@]56C[C@@H](F)CN5C[C@@H](CN)C6)nc4c3F)c12. The summed E-state index contributed by atoms with van der Waals surface area (Å²) in [4.78, 5) is 17.4. The van der Waals surface area contributed by atoms with Crippen molar-refractivity contribution in [3.63, 3.8) is 0 Å². The minimum Gasteiger partial charge on any atom is -0.508 e. The Morgan fingerprint density at radius 3 is 2.83 bits per heavy atom. The molecule has 3 N–H and O–H groups in total. The van der Waals surface area contributed by atoms with Gasteiger partial charge in [0.2, 0.25) is 0 Å². The molecule has 6 atom stereocenters. The molecule has 0 unspecified atom stereocenters. The van der Waals surface area contributed by atoms with Crippen LogP contribution in [-0.2, 0) is 4.74 Å². The Bertz CT molecular complexity index is 1960. The lowest BCUT2D eigenvalue weighted by Gasteiger charge is -2.31. The molecule has 9 nitrogen and oxygen atoms in total. The largest absolute Gasteiger partial charge is 0.508 e. The number of pyridine rings is 1. The van der Waals surface area contributed by atoms with Gasteiger partial charge in [-0.2, -0.15) is 9.97 Å². The standard InChI is InChI=1S/C34H32F4N6O3/c1-2-21-25(36)4-3-18-7-20(45)8-22(26(18)21)29-28(38)30-23(12-40-29)32(44-5-6-46-15-24-27(37)31(24)44)42-33(41-30)47-16-34-9-17(11-39)13-43(34)14-19(35)10-34/h1,3-4,7-8,12,17,19,24,27,31,45H,5-6,9-11,13-16,39H2/t17-,19-,24+,27+,31+,34+/m1/s1. The Kier molecular flexibility index (Phi) is 7.16. The van der Waals surface area contributed by atoms with Gasteiger partial charge in [-0.15, -0.1) is 6.42 Å². The van der Waals surface area contributed by atoms with Gasteiger partial charge in [0.05, 0.1) is 35.7 Å². The van der Waals surface area contributed by atoms with Gasteiger partial charge in [0.15, 0.2) is 5.82 Å². The quantitative estimate of drug-likeness (QED) is 0.236. The van der Waals surface area contributed by atoms with Crippen LogP contribution in [0.1, 0.15) is 18.4 Å². The molecule has 4 aromatic rings. The maximum atomic E-state index is 16.8. The Labute approximate surface area is 267 Å². The van der Waals surface area contributed by atoms with Gasteiger partial charge in [0.25, 0.3) is 0 Å². The lowest BCUT2D eigenvalue weighted by molar-refractivity contribution is 0.107. The Balaban J connectivity index is 1.28. The van der Waals surface area contributed by atoms with Crippen LogP contribution in [0, 0.1) is 35.8 Å². The van der Waals surface area contributed by atoms with Crippen LogP contribution >= 0.6 is 0 Å². The van der Waals surface area contributed by atoms with Gasteiger partial charge >= 0.3 is 6.01 Å². The fourth-order valence-corrected chi connectivity index (χ4v) is 7.93. The van der Waals surface area contributed by atoms with Gasteiger partial charge in [-0.25, -0.2) is 17.6 Å². The molecule has 13 heteroatoms. The normalized spacial score (nSPS) is 28.7. The van der Waals surface area contributed by atoms with E-state index >= 15 is 4.39 Å². The van der Waals surface area contributed by atoms with Crippen LogP contribution in [0.5, 0.6) is 11.8 Å². The number of benzene rings is 2. The van der Waals surface area contributed by atoms with Crippen LogP contribution in [0.2, 0.25) is 0 Å². The molecule has 2 aromatic heterocycles. The molecule has 2 aromatic carbocycles. The number of phenolic OH excluding ortho intramolecular Hbond substituents is 1. The first-order valence-corrected chi connectivity index (χ1v) is 15.7. The zero-order chi connectivity index (χ0) is 32.6. The average molecular weight is 649 g/mol. The van der Waals surface area contributed by atoms with E-state index in [1.807, 2.05) is 0 Å². The molecule has 1 aliphatic carbocycles. The summed E-state index contributed by atoms with van der Waals surface area (Å²) in [6, 6.07) is 4.59. The summed E-state index contributed by atoms with van der Waals surface area (Å²) < 4.78 is 73.1. The number of rotatable bonds is 6. The van der Waals surface area contributed by atoms with Gasteiger partial charge in [-0.1, -0.05) is 12.0 Å². The first-order chi connectivity index (χ1) is 22.7. The van der Waals surface area contributed by atoms with Crippen LogP contribution in [0.4, 0.5) is 23.4 Å². The predicted molar refractivity (Wildman–Crippen MR) is 167 cm³/mol. The van der Waals surface area contributed by atoms with Crippen molar-refractivity contribution in [2.75, 3.05) is 50.9 Å². The summed E-state index contributed by atoms with van der Waals surface area (Å²) in [6.07, 6.45) is 5.77. The lowest BCUT2D eigenvalue weighted by Crippen LogP contribution is -2.43. The van der Waals surface area contributed by atoms with E-state index in [1.165, 1.54) is 30.5 Å². The third kappa shape index (κ3) is 4.84. The van der Waals surface area contributed by atoms with Crippen LogP contribution < -0.4 is 15.4 Å². The topological polar surface area (TPSA) is 110 Å². The van der Waals surface area contributed by atoms with E-state index in [2.05, 4.69) is 25.8 Å². The number of phenols is 1. The molecule has 3 saturated heterocycles. The zero-order valence-electron chi connectivity index (χ0n) is 25.3. The number of fused-ring (bicyclic) bond motifs is 4. The molecule has 244 valence electrons. The highest BCUT2D eigenvalue weighted by atomic mass is 19.1. The first kappa shape index (κ1) is 30.1. The number of aromatic hydroxyl groups is 1. The number of terminal acetylenes is 1. The number of hydrogen-bond donors (Lipinski definition) is 2. The number of nitrogens with zero attached hydrogens (tertiary/aromatic N) is 5. The third-order valence-corrected chi connectivity index (χ3v) is 10.2. The third-order valence-electron chi connectivity index (χ3n) is 10.2. The number of nitrogens with two attached hydrogens (primary N) is 1. The maximum absolute atomic E-state index is 16.8. The number of hydrogen-bond acceptors (Lipinski definition) is 9. The summed E-state index contributed by atoms with van der Waals surface area (Å²) in [5, 5.41) is 11.3. The number of anilines is 1. The molecule has 0 amide bonds. The van der Waals surface area contributed by atoms with Crippen molar-refractivity contribution in [3.05, 3.63) is 47.7 Å². The molecular weight excluding hydrogens is 616 g/mol. The molecule has 5 heterocycles. The molecule has 1 saturated carbocycles. The van der Waals surface area contributed by atoms with Crippen LogP contribution in [0.15, 0.2) is 30.5 Å². The minimum absolute atomic E-state index is 0.0529. The van der Waals surface area contributed by atoms with Crippen molar-refractivity contribution < 1.29 is 32.1 Å². The van der Waals surface area contributed by atoms with E-state index in [1.54, 1.807) is 4.90 Å². The highest BCUT2D eigenvalue weighted by Crippen LogP contribution is 2.46. The molecular formula is C34H32F4N6O3. The molecule has 4 fully saturated rings. The summed E-state index contributed by atoms with van der Waals surface area (Å²) in [5.41, 5.74) is 4.92. The van der Waals surface area contributed by atoms with E-state index in [9.17, 15) is 18.3 Å². The molecule has 0 spiro atoms. The van der Waals surface area contributed by atoms with Crippen LogP contribution in [0.3, 0.4) is 0 Å². The Morgan fingerprint density at radius 1 is 1.17 bits per heavy atom. The molecule has 0 radical (unpaired) electrons. The van der Waals surface area contributed by atoms with Gasteiger partial charge in [0, 0.05) is 49.1 Å². The molecule has 47 heavy (non-hydrogen) atoms. The van der Waals surface area contributed by atoms with Crippen molar-refractivity contribution in [1.82, 2.24) is 19.9 Å². The smallest absolute Gasteiger partial charge is 0.319 e. The monoisotopic (exact) mass is 648 g/mol. The molecule has 8 rings (SSSR count). The van der Waals surface area contributed by atoms with E-state index in [0.717, 1.165) is 0 Å². The first-order valence-electron chi connectivity index (χ1n) is 15.7. The second-order valence-electron chi connectivity index (χ2n) is 13.1. The fraction of sp³-hybridized carbons (Fsp3) is 0.441. The number of alkyl halides is 2. The van der Waals surface area contributed by atoms with Crippen molar-refractivity contribution in [2.24, 2.45) is 17.6 Å². The van der Waals surface area contributed by atoms with E-state index in [4.69, 9.17) is 21.6 Å². The van der Waals surface area contributed by atoms with Crippen molar-refractivity contribution in [1.29, 1.82) is 0 Å². The summed E-state index contributed by atoms with van der Waals surface area (Å²) in [7, 11) is 0. The average Bonchev–Trinajstić information content (AvgIpc) is 3.51. The van der Waals surface area contributed by atoms with Crippen molar-refractivity contribution >= 4 is 27.5 Å². The van der Waals surface area contributed by atoms with Gasteiger partial charge in [0.1, 0.15) is 47.5 Å². The number of ether oxygens (including phenoxy) is 2. The number of aromatic nitrogens is 3. The van der Waals surface area contributed by atoms with Crippen LogP contribution in [-0.4, -0.2) is 94.9 Å². The maximum Gasteiger partial charge on any atom is 0.319 e. The Hall–Kier alpha value is -4.25. The second kappa shape index (κ2) is 11.2. The van der Waals surface area contributed by atoms with E-state index in [-0.39, 0.29) is 95.2 Å². The summed E-state index contributed by atoms with van der Waals surface area (Å²) >= 11 is 0. The van der Waals surface area contributed by atoms with E-state index in [0.29, 0.717) is 31.5 Å². The van der Waals surface area contributed by atoms with Gasteiger partial charge in [-0.3, -0.25) is 9.88 Å². The predicted octanol–water partition coefficient (Wildman–Crippen LogP) is 4.12. The zero-order valence-corrected chi connectivity index (χ0v) is 25.3. The van der Waals surface area contributed by atoms with Crippen molar-refractivity contribution in [2.45, 2.75) is 36.8 Å². The van der Waals surface area contributed by atoms with Crippen LogP contribution in [0.25, 0.3) is 32.9 Å². The molecule has 3 aliphatic heterocycles. The summed E-state index contributed by atoms with van der Waals surface area (Å²) in [6.45, 7) is 2.30. The highest BCUT2D eigenvalue weighted by Gasteiger charge is 2.57. The van der Waals surface area contributed by atoms with Gasteiger partial charge in [-0.05, 0) is 42.5 Å². The van der Waals surface area contributed by atoms with E-state index < -0.39 is 35.6 Å². The second-order valence-corrected chi connectivity index (χ2v) is 13.1. The number of halogens is 4.